The predicted molar refractivity (Wildman–Crippen MR) is 59.7 cm³/mol. The minimum absolute atomic E-state index is 0.152. The highest BCUT2D eigenvalue weighted by Gasteiger charge is 2.09. The molecule has 1 aromatic rings. The summed E-state index contributed by atoms with van der Waals surface area (Å²) in [6, 6.07) is 10.0. The molecule has 0 aliphatic rings. The maximum atomic E-state index is 11.8. The van der Waals surface area contributed by atoms with E-state index in [2.05, 4.69) is 5.32 Å². The number of nitrogens with one attached hydrogen (secondary N) is 1. The quantitative estimate of drug-likeness (QED) is 0.726. The van der Waals surface area contributed by atoms with Crippen LogP contribution >= 0.6 is 0 Å². The van der Waals surface area contributed by atoms with Gasteiger partial charge in [0.25, 0.3) is 6.43 Å². The highest BCUT2D eigenvalue weighted by molar-refractivity contribution is 5.18. The van der Waals surface area contributed by atoms with E-state index < -0.39 is 13.0 Å². The van der Waals surface area contributed by atoms with Gasteiger partial charge in [-0.3, -0.25) is 0 Å². The van der Waals surface area contributed by atoms with Crippen LogP contribution in [-0.4, -0.2) is 26.7 Å². The van der Waals surface area contributed by atoms with Gasteiger partial charge in [0.1, 0.15) is 6.61 Å². The zero-order valence-corrected chi connectivity index (χ0v) is 9.33. The number of benzene rings is 1. The van der Waals surface area contributed by atoms with Gasteiger partial charge in [0.2, 0.25) is 0 Å². The lowest BCUT2D eigenvalue weighted by atomic mass is 10.0. The van der Waals surface area contributed by atoms with E-state index in [0.717, 1.165) is 5.56 Å². The van der Waals surface area contributed by atoms with Gasteiger partial charge in [-0.25, -0.2) is 8.78 Å². The third-order valence-electron chi connectivity index (χ3n) is 2.35. The van der Waals surface area contributed by atoms with Gasteiger partial charge >= 0.3 is 0 Å². The van der Waals surface area contributed by atoms with Crippen molar-refractivity contribution in [3.63, 3.8) is 0 Å². The van der Waals surface area contributed by atoms with Gasteiger partial charge in [0.15, 0.2) is 0 Å². The highest BCUT2D eigenvalue weighted by Crippen LogP contribution is 2.15. The van der Waals surface area contributed by atoms with Crippen LogP contribution in [0.1, 0.15) is 18.0 Å². The summed E-state index contributed by atoms with van der Waals surface area (Å²) in [7, 11) is 1.85. The van der Waals surface area contributed by atoms with Crippen molar-refractivity contribution in [1.29, 1.82) is 0 Å². The van der Waals surface area contributed by atoms with Gasteiger partial charge in [-0.2, -0.15) is 0 Å². The summed E-state index contributed by atoms with van der Waals surface area (Å²) >= 11 is 0. The topological polar surface area (TPSA) is 21.3 Å². The third-order valence-corrected chi connectivity index (χ3v) is 2.35. The Bertz CT molecular complexity index is 280. The summed E-state index contributed by atoms with van der Waals surface area (Å²) in [4.78, 5) is 0. The van der Waals surface area contributed by atoms with Gasteiger partial charge in [0, 0.05) is 12.6 Å². The first-order valence-corrected chi connectivity index (χ1v) is 5.32. The van der Waals surface area contributed by atoms with E-state index in [-0.39, 0.29) is 6.04 Å². The van der Waals surface area contributed by atoms with Gasteiger partial charge in [-0.05, 0) is 19.0 Å². The Kier molecular flexibility index (Phi) is 5.96. The van der Waals surface area contributed by atoms with Crippen LogP contribution in [0.5, 0.6) is 0 Å². The second kappa shape index (κ2) is 7.30. The van der Waals surface area contributed by atoms with E-state index in [0.29, 0.717) is 13.0 Å². The maximum Gasteiger partial charge on any atom is 0.261 e. The van der Waals surface area contributed by atoms with Crippen LogP contribution in [-0.2, 0) is 4.74 Å². The smallest absolute Gasteiger partial charge is 0.261 e. The molecule has 1 N–H and O–H groups in total. The van der Waals surface area contributed by atoms with Crippen LogP contribution in [0.3, 0.4) is 0 Å². The average Bonchev–Trinajstić information content (AvgIpc) is 2.30. The van der Waals surface area contributed by atoms with E-state index in [1.54, 1.807) is 0 Å². The summed E-state index contributed by atoms with van der Waals surface area (Å²) < 4.78 is 28.5. The van der Waals surface area contributed by atoms with Gasteiger partial charge in [0.05, 0.1) is 0 Å². The number of hydrogen-bond acceptors (Lipinski definition) is 2. The first-order valence-electron chi connectivity index (χ1n) is 5.32. The van der Waals surface area contributed by atoms with Crippen molar-refractivity contribution in [3.05, 3.63) is 35.9 Å². The molecule has 0 aliphatic heterocycles. The third kappa shape index (κ3) is 4.68. The lowest BCUT2D eigenvalue weighted by Crippen LogP contribution is -2.19. The minimum Gasteiger partial charge on any atom is -0.375 e. The molecule has 4 heteroatoms. The summed E-state index contributed by atoms with van der Waals surface area (Å²) in [6.07, 6.45) is -1.70. The van der Waals surface area contributed by atoms with E-state index in [1.807, 2.05) is 37.4 Å². The molecular weight excluding hydrogens is 212 g/mol. The molecule has 1 aromatic carbocycles. The standard InChI is InChI=1S/C12H17F2NO/c1-15-11(7-8-16-9-12(13)14)10-5-3-2-4-6-10/h2-6,11-12,15H,7-9H2,1H3. The van der Waals surface area contributed by atoms with Gasteiger partial charge in [-0.15, -0.1) is 0 Å². The molecular formula is C12H17F2NO. The van der Waals surface area contributed by atoms with Crippen LogP contribution in [0.4, 0.5) is 8.78 Å². The normalized spacial score (nSPS) is 13.0. The molecule has 0 aromatic heterocycles. The molecule has 1 atom stereocenters. The number of hydrogen-bond donors (Lipinski definition) is 1. The van der Waals surface area contributed by atoms with Crippen LogP contribution in [0.2, 0.25) is 0 Å². The molecule has 0 radical (unpaired) electrons. The first kappa shape index (κ1) is 13.1. The van der Waals surface area contributed by atoms with Crippen molar-refractivity contribution in [2.24, 2.45) is 0 Å². The van der Waals surface area contributed by atoms with E-state index in [9.17, 15) is 8.78 Å². The Labute approximate surface area is 94.6 Å². The second-order valence-corrected chi connectivity index (χ2v) is 3.51. The van der Waals surface area contributed by atoms with E-state index in [1.165, 1.54) is 0 Å². The van der Waals surface area contributed by atoms with Crippen molar-refractivity contribution < 1.29 is 13.5 Å². The fourth-order valence-electron chi connectivity index (χ4n) is 1.54. The van der Waals surface area contributed by atoms with Gasteiger partial charge < -0.3 is 10.1 Å². The number of alkyl halides is 2. The number of halogens is 2. The SMILES string of the molecule is CNC(CCOCC(F)F)c1ccccc1. The average molecular weight is 229 g/mol. The largest absolute Gasteiger partial charge is 0.375 e. The maximum absolute atomic E-state index is 11.8. The summed E-state index contributed by atoms with van der Waals surface area (Å²) in [5.41, 5.74) is 1.14. The van der Waals surface area contributed by atoms with Crippen LogP contribution in [0.25, 0.3) is 0 Å². The number of rotatable bonds is 7. The molecule has 0 spiro atoms. The van der Waals surface area contributed by atoms with Crippen LogP contribution in [0.15, 0.2) is 30.3 Å². The zero-order valence-electron chi connectivity index (χ0n) is 9.33. The second-order valence-electron chi connectivity index (χ2n) is 3.51. The molecule has 0 fully saturated rings. The Morgan fingerprint density at radius 1 is 1.25 bits per heavy atom. The highest BCUT2D eigenvalue weighted by atomic mass is 19.3. The monoisotopic (exact) mass is 229 g/mol. The van der Waals surface area contributed by atoms with E-state index in [4.69, 9.17) is 4.74 Å². The molecule has 0 heterocycles. The zero-order chi connectivity index (χ0) is 11.8. The molecule has 2 nitrogen and oxygen atoms in total. The molecule has 0 saturated heterocycles. The van der Waals surface area contributed by atoms with Crippen LogP contribution in [0, 0.1) is 0 Å². The summed E-state index contributed by atoms with van der Waals surface area (Å²) in [6.45, 7) is -0.143. The Balaban J connectivity index is 2.33. The Hall–Kier alpha value is -1.00. The lowest BCUT2D eigenvalue weighted by Gasteiger charge is -2.16. The molecule has 1 unspecified atom stereocenters. The van der Waals surface area contributed by atoms with E-state index >= 15 is 0 Å². The Morgan fingerprint density at radius 2 is 1.94 bits per heavy atom. The summed E-state index contributed by atoms with van der Waals surface area (Å²) in [5.74, 6) is 0. The lowest BCUT2D eigenvalue weighted by molar-refractivity contribution is 0.0145. The van der Waals surface area contributed by atoms with Crippen molar-refractivity contribution in [2.45, 2.75) is 18.9 Å². The fourth-order valence-corrected chi connectivity index (χ4v) is 1.54. The fraction of sp³-hybridized carbons (Fsp3) is 0.500. The summed E-state index contributed by atoms with van der Waals surface area (Å²) in [5, 5.41) is 3.14. The molecule has 0 saturated carbocycles. The minimum atomic E-state index is -2.38. The molecule has 0 amide bonds. The van der Waals surface area contributed by atoms with Crippen molar-refractivity contribution in [2.75, 3.05) is 20.3 Å². The molecule has 16 heavy (non-hydrogen) atoms. The van der Waals surface area contributed by atoms with Crippen molar-refractivity contribution in [3.8, 4) is 0 Å². The van der Waals surface area contributed by atoms with Crippen LogP contribution < -0.4 is 5.32 Å². The number of ether oxygens (including phenoxy) is 1. The van der Waals surface area contributed by atoms with Crippen molar-refractivity contribution >= 4 is 0 Å². The molecule has 90 valence electrons. The van der Waals surface area contributed by atoms with Crippen molar-refractivity contribution in [1.82, 2.24) is 5.32 Å². The first-order chi connectivity index (χ1) is 7.74. The molecule has 1 rings (SSSR count). The molecule has 0 aliphatic carbocycles. The Morgan fingerprint density at radius 3 is 2.50 bits per heavy atom. The van der Waals surface area contributed by atoms with Gasteiger partial charge in [-0.1, -0.05) is 30.3 Å². The predicted octanol–water partition coefficient (Wildman–Crippen LogP) is 2.62. The molecule has 0 bridgehead atoms.